The van der Waals surface area contributed by atoms with Crippen molar-refractivity contribution in [2.45, 2.75) is 495 Å². The van der Waals surface area contributed by atoms with Crippen LogP contribution in [0.3, 0.4) is 0 Å². The van der Waals surface area contributed by atoms with Crippen LogP contribution >= 0.6 is 0 Å². The van der Waals surface area contributed by atoms with Crippen molar-refractivity contribution in [3.63, 3.8) is 0 Å². The molecule has 0 saturated heterocycles. The van der Waals surface area contributed by atoms with Gasteiger partial charge in [-0.2, -0.15) is 0 Å². The second-order valence-electron chi connectivity index (χ2n) is 28.8. The van der Waals surface area contributed by atoms with Crippen molar-refractivity contribution in [2.24, 2.45) is 0 Å². The molecule has 0 aromatic heterocycles. The van der Waals surface area contributed by atoms with Crippen molar-refractivity contribution in [1.82, 2.24) is 5.32 Å². The average Bonchev–Trinajstić information content (AvgIpc) is 3.55. The molecule has 0 bridgehead atoms. The van der Waals surface area contributed by atoms with Gasteiger partial charge >= 0.3 is 5.97 Å². The third kappa shape index (κ3) is 75.5. The Hall–Kier alpha value is -1.40. The van der Waals surface area contributed by atoms with Crippen molar-refractivity contribution >= 4 is 11.9 Å². The Kier molecular flexibility index (Phi) is 77.8. The van der Waals surface area contributed by atoms with Crippen LogP contribution in [-0.2, 0) is 14.3 Å². The van der Waals surface area contributed by atoms with E-state index >= 15 is 0 Å². The zero-order valence-corrected chi connectivity index (χ0v) is 61.0. The van der Waals surface area contributed by atoms with Crippen molar-refractivity contribution < 1.29 is 24.5 Å². The lowest BCUT2D eigenvalue weighted by Gasteiger charge is -2.22. The van der Waals surface area contributed by atoms with Gasteiger partial charge in [0.25, 0.3) is 0 Å². The maximum atomic E-state index is 12.6. The molecule has 0 aliphatic heterocycles. The largest absolute Gasteiger partial charge is 0.466 e. The van der Waals surface area contributed by atoms with Gasteiger partial charge in [-0.1, -0.05) is 431 Å². The number of nitrogens with one attached hydrogen (secondary N) is 1. The first-order chi connectivity index (χ1) is 44.0. The standard InChI is InChI=1S/C83H163NO5/c1-3-5-7-9-11-13-15-17-19-21-22-23-34-37-40-44-47-51-55-59-63-67-71-75-81(86)80(79-85)84-82(87)76-72-68-64-60-56-52-48-45-41-38-35-32-30-28-26-24-25-27-29-31-33-36-39-42-46-50-54-58-62-66-70-74-78-89-83(88)77-73-69-65-61-57-53-49-43-20-18-16-14-12-10-8-6-4-2/h27,29,80-81,85-86H,3-26,28,30-79H2,1-2H3,(H,84,87)/b29-27-. The van der Waals surface area contributed by atoms with E-state index in [-0.39, 0.29) is 18.5 Å². The minimum Gasteiger partial charge on any atom is -0.466 e. The summed E-state index contributed by atoms with van der Waals surface area (Å²) >= 11 is 0. The monoisotopic (exact) mass is 1250 g/mol. The topological polar surface area (TPSA) is 95.9 Å². The Balaban J connectivity index is 3.34. The van der Waals surface area contributed by atoms with Crippen molar-refractivity contribution in [3.05, 3.63) is 12.2 Å². The van der Waals surface area contributed by atoms with Crippen LogP contribution in [-0.4, -0.2) is 47.4 Å². The maximum absolute atomic E-state index is 12.6. The third-order valence-electron chi connectivity index (χ3n) is 19.8. The summed E-state index contributed by atoms with van der Waals surface area (Å²) in [5.41, 5.74) is 0. The van der Waals surface area contributed by atoms with Crippen molar-refractivity contribution in [3.8, 4) is 0 Å². The van der Waals surface area contributed by atoms with Gasteiger partial charge in [0.15, 0.2) is 0 Å². The molecular weight excluding hydrogens is 1090 g/mol. The molecule has 2 atom stereocenters. The SMILES string of the molecule is CCCCCCCCCCCCCCCCCCCCCCCCCC(O)C(CO)NC(=O)CCCCCCCCCCCCCCCCCC/C=C\CCCCCCCCCCCCCCOC(=O)CCCCCCCCCCCCCCCCCCC. The highest BCUT2D eigenvalue weighted by molar-refractivity contribution is 5.76. The zero-order chi connectivity index (χ0) is 64.2. The van der Waals surface area contributed by atoms with Crippen LogP contribution in [0.15, 0.2) is 12.2 Å². The molecule has 89 heavy (non-hydrogen) atoms. The van der Waals surface area contributed by atoms with Crippen LogP contribution < -0.4 is 5.32 Å². The number of allylic oxidation sites excluding steroid dienone is 2. The maximum Gasteiger partial charge on any atom is 0.305 e. The van der Waals surface area contributed by atoms with Crippen LogP contribution in [0.1, 0.15) is 483 Å². The van der Waals surface area contributed by atoms with E-state index in [1.807, 2.05) is 0 Å². The van der Waals surface area contributed by atoms with Gasteiger partial charge in [-0.05, 0) is 51.4 Å². The summed E-state index contributed by atoms with van der Waals surface area (Å²) < 4.78 is 5.52. The fourth-order valence-electron chi connectivity index (χ4n) is 13.5. The van der Waals surface area contributed by atoms with Gasteiger partial charge in [-0.25, -0.2) is 0 Å². The van der Waals surface area contributed by atoms with Crippen LogP contribution in [0.2, 0.25) is 0 Å². The van der Waals surface area contributed by atoms with E-state index in [4.69, 9.17) is 4.74 Å². The zero-order valence-electron chi connectivity index (χ0n) is 61.0. The average molecular weight is 1260 g/mol. The summed E-state index contributed by atoms with van der Waals surface area (Å²) in [5.74, 6) is -0.00245. The molecular formula is C83H163NO5. The number of aliphatic hydroxyl groups excluding tert-OH is 2. The Labute approximate surface area is 559 Å². The summed E-state index contributed by atoms with van der Waals surface area (Å²) in [7, 11) is 0. The predicted molar refractivity (Wildman–Crippen MR) is 394 cm³/mol. The highest BCUT2D eigenvalue weighted by Gasteiger charge is 2.20. The van der Waals surface area contributed by atoms with Gasteiger partial charge in [0.05, 0.1) is 25.4 Å². The molecule has 0 aliphatic carbocycles. The minimum atomic E-state index is -0.663. The molecule has 0 aromatic carbocycles. The van der Waals surface area contributed by atoms with Gasteiger partial charge < -0.3 is 20.3 Å². The van der Waals surface area contributed by atoms with E-state index < -0.39 is 12.1 Å². The number of unbranched alkanes of at least 4 members (excludes halogenated alkanes) is 66. The van der Waals surface area contributed by atoms with Crippen LogP contribution in [0.5, 0.6) is 0 Å². The summed E-state index contributed by atoms with van der Waals surface area (Å²) in [5, 5.41) is 23.5. The Morgan fingerprint density at radius 2 is 0.528 bits per heavy atom. The number of esters is 1. The number of rotatable bonds is 79. The van der Waals surface area contributed by atoms with E-state index in [0.717, 1.165) is 38.5 Å². The molecule has 6 nitrogen and oxygen atoms in total. The van der Waals surface area contributed by atoms with E-state index in [1.54, 1.807) is 0 Å². The second kappa shape index (κ2) is 79.0. The molecule has 0 rings (SSSR count). The minimum absolute atomic E-state index is 0.0237. The summed E-state index contributed by atoms with van der Waals surface area (Å²) in [6, 6.07) is -0.540. The van der Waals surface area contributed by atoms with Crippen LogP contribution in [0.25, 0.3) is 0 Å². The smallest absolute Gasteiger partial charge is 0.305 e. The molecule has 0 fully saturated rings. The molecule has 0 aromatic rings. The van der Waals surface area contributed by atoms with Gasteiger partial charge in [-0.3, -0.25) is 9.59 Å². The summed E-state index contributed by atoms with van der Waals surface area (Å²) in [4.78, 5) is 24.7. The number of carbonyl (C=O) groups excluding carboxylic acids is 2. The number of ether oxygens (including phenoxy) is 1. The molecule has 2 unspecified atom stereocenters. The number of carbonyl (C=O) groups is 2. The molecule has 0 spiro atoms. The van der Waals surface area contributed by atoms with E-state index in [1.165, 1.54) is 411 Å². The molecule has 0 radical (unpaired) electrons. The van der Waals surface area contributed by atoms with Crippen molar-refractivity contribution in [2.75, 3.05) is 13.2 Å². The van der Waals surface area contributed by atoms with Gasteiger partial charge in [0, 0.05) is 12.8 Å². The molecule has 1 amide bonds. The summed E-state index contributed by atoms with van der Waals surface area (Å²) in [6.45, 7) is 5.02. The quantitative estimate of drug-likeness (QED) is 0.0320. The lowest BCUT2D eigenvalue weighted by Crippen LogP contribution is -2.45. The Morgan fingerprint density at radius 1 is 0.303 bits per heavy atom. The van der Waals surface area contributed by atoms with Crippen LogP contribution in [0.4, 0.5) is 0 Å². The predicted octanol–water partition coefficient (Wildman–Crippen LogP) is 27.4. The third-order valence-corrected chi connectivity index (χ3v) is 19.8. The first-order valence-corrected chi connectivity index (χ1v) is 41.4. The molecule has 0 saturated carbocycles. The van der Waals surface area contributed by atoms with E-state index in [0.29, 0.717) is 25.9 Å². The molecule has 0 heterocycles. The van der Waals surface area contributed by atoms with Gasteiger partial charge in [-0.15, -0.1) is 0 Å². The second-order valence-corrected chi connectivity index (χ2v) is 28.8. The van der Waals surface area contributed by atoms with E-state index in [2.05, 4.69) is 31.3 Å². The fourth-order valence-corrected chi connectivity index (χ4v) is 13.5. The number of aliphatic hydroxyl groups is 2. The number of hydrogen-bond donors (Lipinski definition) is 3. The van der Waals surface area contributed by atoms with Gasteiger partial charge in [0.2, 0.25) is 5.91 Å². The molecule has 6 heteroatoms. The number of amides is 1. The normalized spacial score (nSPS) is 12.4. The molecule has 3 N–H and O–H groups in total. The fraction of sp³-hybridized carbons (Fsp3) is 0.952. The Bertz CT molecular complexity index is 1350. The Morgan fingerprint density at radius 3 is 0.798 bits per heavy atom. The van der Waals surface area contributed by atoms with Crippen LogP contribution in [0, 0.1) is 0 Å². The first-order valence-electron chi connectivity index (χ1n) is 41.4. The highest BCUT2D eigenvalue weighted by Crippen LogP contribution is 2.21. The van der Waals surface area contributed by atoms with Gasteiger partial charge in [0.1, 0.15) is 0 Å². The number of hydrogen-bond acceptors (Lipinski definition) is 5. The molecule has 530 valence electrons. The first kappa shape index (κ1) is 87.6. The highest BCUT2D eigenvalue weighted by atomic mass is 16.5. The summed E-state index contributed by atoms with van der Waals surface area (Å²) in [6.07, 6.45) is 100. The molecule has 0 aliphatic rings. The van der Waals surface area contributed by atoms with E-state index in [9.17, 15) is 19.8 Å². The lowest BCUT2D eigenvalue weighted by atomic mass is 10.0. The lowest BCUT2D eigenvalue weighted by molar-refractivity contribution is -0.143. The van der Waals surface area contributed by atoms with Crippen molar-refractivity contribution in [1.29, 1.82) is 0 Å².